The van der Waals surface area contributed by atoms with E-state index in [1.54, 1.807) is 12.1 Å². The van der Waals surface area contributed by atoms with Crippen molar-refractivity contribution in [2.45, 2.75) is 38.4 Å². The number of hydrogen-bond acceptors (Lipinski definition) is 6. The molecule has 0 fully saturated rings. The van der Waals surface area contributed by atoms with Gasteiger partial charge in [0.2, 0.25) is 17.7 Å². The van der Waals surface area contributed by atoms with E-state index in [-0.39, 0.29) is 18.7 Å². The maximum atomic E-state index is 12.4. The Bertz CT molecular complexity index is 691. The van der Waals surface area contributed by atoms with Crippen LogP contribution in [0.5, 0.6) is 5.75 Å². The highest BCUT2D eigenvalue weighted by Gasteiger charge is 2.26. The Balaban J connectivity index is 2.90. The molecule has 3 unspecified atom stereocenters. The van der Waals surface area contributed by atoms with Gasteiger partial charge in [0.15, 0.2) is 0 Å². The Morgan fingerprint density at radius 2 is 1.56 bits per heavy atom. The predicted octanol–water partition coefficient (Wildman–Crippen LogP) is -1.53. The fraction of sp³-hybridized carbons (Fsp3) is 0.412. The molecule has 27 heavy (non-hydrogen) atoms. The van der Waals surface area contributed by atoms with E-state index in [9.17, 15) is 24.3 Å². The van der Waals surface area contributed by atoms with Gasteiger partial charge in [-0.1, -0.05) is 12.1 Å². The molecule has 1 aromatic carbocycles. The second kappa shape index (κ2) is 10.1. The van der Waals surface area contributed by atoms with Gasteiger partial charge < -0.3 is 31.9 Å². The minimum absolute atomic E-state index is 0.0430. The molecular formula is C17H24N4O6. The molecule has 0 aliphatic carbocycles. The van der Waals surface area contributed by atoms with Crippen LogP contribution < -0.4 is 21.7 Å². The molecule has 148 valence electrons. The number of carboxylic acid groups (broad SMARTS) is 1. The Morgan fingerprint density at radius 1 is 0.963 bits per heavy atom. The number of carbonyl (C=O) groups excluding carboxylic acids is 3. The predicted molar refractivity (Wildman–Crippen MR) is 95.6 cm³/mol. The van der Waals surface area contributed by atoms with Gasteiger partial charge >= 0.3 is 5.97 Å². The number of hydrogen-bond donors (Lipinski definition) is 6. The molecule has 0 aromatic heterocycles. The largest absolute Gasteiger partial charge is 0.508 e. The van der Waals surface area contributed by atoms with Crippen LogP contribution in [0.1, 0.15) is 19.4 Å². The number of carboxylic acids is 1. The molecule has 0 aliphatic rings. The van der Waals surface area contributed by atoms with Gasteiger partial charge in [-0.2, -0.15) is 0 Å². The van der Waals surface area contributed by atoms with E-state index >= 15 is 0 Å². The lowest BCUT2D eigenvalue weighted by atomic mass is 10.0. The summed E-state index contributed by atoms with van der Waals surface area (Å²) in [5.41, 5.74) is 5.82. The van der Waals surface area contributed by atoms with Crippen molar-refractivity contribution in [3.63, 3.8) is 0 Å². The maximum Gasteiger partial charge on any atom is 0.325 e. The van der Waals surface area contributed by atoms with E-state index in [2.05, 4.69) is 16.0 Å². The summed E-state index contributed by atoms with van der Waals surface area (Å²) in [5.74, 6) is -3.03. The molecule has 3 amide bonds. The molecule has 1 rings (SSSR count). The summed E-state index contributed by atoms with van der Waals surface area (Å²) in [6, 6.07) is 2.83. The summed E-state index contributed by atoms with van der Waals surface area (Å²) >= 11 is 0. The smallest absolute Gasteiger partial charge is 0.325 e. The minimum atomic E-state index is -1.22. The molecule has 0 aliphatic heterocycles. The molecule has 7 N–H and O–H groups in total. The van der Waals surface area contributed by atoms with Crippen LogP contribution in [0.3, 0.4) is 0 Å². The minimum Gasteiger partial charge on any atom is -0.508 e. The van der Waals surface area contributed by atoms with Crippen LogP contribution in [0.4, 0.5) is 0 Å². The van der Waals surface area contributed by atoms with Crippen molar-refractivity contribution in [1.29, 1.82) is 0 Å². The quantitative estimate of drug-likeness (QED) is 0.302. The summed E-state index contributed by atoms with van der Waals surface area (Å²) in [6.07, 6.45) is 0.0573. The highest BCUT2D eigenvalue weighted by molar-refractivity contribution is 5.93. The summed E-state index contributed by atoms with van der Waals surface area (Å²) in [7, 11) is 0. The van der Waals surface area contributed by atoms with E-state index in [1.165, 1.54) is 26.0 Å². The van der Waals surface area contributed by atoms with Crippen molar-refractivity contribution in [3.05, 3.63) is 29.8 Å². The lowest BCUT2D eigenvalue weighted by molar-refractivity contribution is -0.141. The van der Waals surface area contributed by atoms with Crippen molar-refractivity contribution < 1.29 is 29.4 Å². The number of aliphatic carboxylic acids is 1. The fourth-order valence-electron chi connectivity index (χ4n) is 2.12. The van der Waals surface area contributed by atoms with Crippen molar-refractivity contribution in [2.75, 3.05) is 6.54 Å². The summed E-state index contributed by atoms with van der Waals surface area (Å²) < 4.78 is 0. The molecule has 1 aromatic rings. The zero-order chi connectivity index (χ0) is 20.6. The molecule has 10 nitrogen and oxygen atoms in total. The van der Waals surface area contributed by atoms with Gasteiger partial charge in [0.05, 0.1) is 6.54 Å². The van der Waals surface area contributed by atoms with Gasteiger partial charge in [0.1, 0.15) is 23.9 Å². The second-order valence-electron chi connectivity index (χ2n) is 5.99. The van der Waals surface area contributed by atoms with Crippen LogP contribution in [0.15, 0.2) is 24.3 Å². The highest BCUT2D eigenvalue weighted by Crippen LogP contribution is 2.11. The van der Waals surface area contributed by atoms with E-state index in [0.717, 1.165) is 0 Å². The number of phenolic OH excluding ortho intramolecular Hbond substituents is 1. The number of carbonyl (C=O) groups is 4. The average Bonchev–Trinajstić information content (AvgIpc) is 2.62. The third-order valence-electron chi connectivity index (χ3n) is 3.69. The van der Waals surface area contributed by atoms with Crippen molar-refractivity contribution in [2.24, 2.45) is 5.73 Å². The number of nitrogens with two attached hydrogens (primary N) is 1. The van der Waals surface area contributed by atoms with Crippen molar-refractivity contribution >= 4 is 23.7 Å². The van der Waals surface area contributed by atoms with Gasteiger partial charge in [-0.05, 0) is 31.5 Å². The number of amides is 3. The van der Waals surface area contributed by atoms with Gasteiger partial charge in [0.25, 0.3) is 0 Å². The highest BCUT2D eigenvalue weighted by atomic mass is 16.4. The monoisotopic (exact) mass is 380 g/mol. The van der Waals surface area contributed by atoms with Crippen LogP contribution in [0.2, 0.25) is 0 Å². The SMILES string of the molecule is CC(NC(=O)C(Cc1ccc(O)cc1)NC(=O)C(C)NC(=O)CN)C(=O)O. The van der Waals surface area contributed by atoms with Gasteiger partial charge in [-0.3, -0.25) is 19.2 Å². The standard InChI is InChI=1S/C17H24N4O6/c1-9(19-14(23)8-18)15(24)21-13(16(25)20-10(2)17(26)27)7-11-3-5-12(22)6-4-11/h3-6,9-10,13,22H,7-8,18H2,1-2H3,(H,19,23)(H,20,25)(H,21,24)(H,26,27). The first-order valence-corrected chi connectivity index (χ1v) is 8.25. The molecule has 10 heteroatoms. The van der Waals surface area contributed by atoms with Crippen molar-refractivity contribution in [3.8, 4) is 5.75 Å². The first-order chi connectivity index (χ1) is 12.6. The fourth-order valence-corrected chi connectivity index (χ4v) is 2.12. The molecule has 0 heterocycles. The summed E-state index contributed by atoms with van der Waals surface area (Å²) in [4.78, 5) is 46.9. The Hall–Kier alpha value is -3.14. The van der Waals surface area contributed by atoms with Gasteiger partial charge in [-0.15, -0.1) is 0 Å². The van der Waals surface area contributed by atoms with E-state index < -0.39 is 41.8 Å². The Kier molecular flexibility index (Phi) is 8.21. The van der Waals surface area contributed by atoms with Crippen LogP contribution in [-0.2, 0) is 25.6 Å². The number of nitrogens with one attached hydrogen (secondary N) is 3. The third-order valence-corrected chi connectivity index (χ3v) is 3.69. The first kappa shape index (κ1) is 21.9. The topological polar surface area (TPSA) is 171 Å². The third kappa shape index (κ3) is 7.32. The summed E-state index contributed by atoms with van der Waals surface area (Å²) in [5, 5.41) is 25.4. The van der Waals surface area contributed by atoms with Crippen LogP contribution >= 0.6 is 0 Å². The first-order valence-electron chi connectivity index (χ1n) is 8.25. The molecule has 0 bridgehead atoms. The molecule has 3 atom stereocenters. The van der Waals surface area contributed by atoms with Crippen LogP contribution in [0.25, 0.3) is 0 Å². The second-order valence-corrected chi connectivity index (χ2v) is 5.99. The number of benzene rings is 1. The van der Waals surface area contributed by atoms with E-state index in [0.29, 0.717) is 5.56 Å². The van der Waals surface area contributed by atoms with Crippen LogP contribution in [0, 0.1) is 0 Å². The number of aromatic hydroxyl groups is 1. The summed E-state index contributed by atoms with van der Waals surface area (Å²) in [6.45, 7) is 2.44. The molecule has 0 saturated heterocycles. The van der Waals surface area contributed by atoms with E-state index in [4.69, 9.17) is 10.8 Å². The maximum absolute atomic E-state index is 12.4. The Labute approximate surface area is 156 Å². The average molecular weight is 380 g/mol. The zero-order valence-electron chi connectivity index (χ0n) is 15.1. The zero-order valence-corrected chi connectivity index (χ0v) is 15.1. The van der Waals surface area contributed by atoms with Crippen LogP contribution in [-0.4, -0.2) is 58.6 Å². The number of phenols is 1. The van der Waals surface area contributed by atoms with Gasteiger partial charge in [0, 0.05) is 6.42 Å². The lowest BCUT2D eigenvalue weighted by Gasteiger charge is -2.22. The van der Waals surface area contributed by atoms with Gasteiger partial charge in [-0.25, -0.2) is 0 Å². The normalized spacial score (nSPS) is 13.7. The molecule has 0 radical (unpaired) electrons. The Morgan fingerprint density at radius 3 is 2.07 bits per heavy atom. The molecule has 0 spiro atoms. The number of rotatable bonds is 9. The lowest BCUT2D eigenvalue weighted by Crippen LogP contribution is -2.55. The molecular weight excluding hydrogens is 356 g/mol. The van der Waals surface area contributed by atoms with Crippen molar-refractivity contribution in [1.82, 2.24) is 16.0 Å². The molecule has 0 saturated carbocycles. The van der Waals surface area contributed by atoms with E-state index in [1.807, 2.05) is 0 Å².